The fraction of sp³-hybridized carbons (Fsp3) is 0.686. The maximum absolute atomic E-state index is 14.4. The van der Waals surface area contributed by atoms with E-state index in [2.05, 4.69) is 25.1 Å². The van der Waals surface area contributed by atoms with Crippen LogP contribution in [0.3, 0.4) is 0 Å². The summed E-state index contributed by atoms with van der Waals surface area (Å²) in [6, 6.07) is 3.92. The third-order valence-electron chi connectivity index (χ3n) is 10.7. The zero-order valence-electron chi connectivity index (χ0n) is 29.9. The molecule has 1 N–H and O–H groups in total. The lowest BCUT2D eigenvalue weighted by Gasteiger charge is -2.54. The average Bonchev–Trinajstić information content (AvgIpc) is 3.36. The molecule has 1 amide bonds. The van der Waals surface area contributed by atoms with Gasteiger partial charge in [-0.1, -0.05) is 0 Å². The molecule has 4 saturated heterocycles. The monoisotopic (exact) mass is 736 g/mol. The number of carbonyl (C=O) groups is 1. The van der Waals surface area contributed by atoms with Crippen LogP contribution in [0, 0.1) is 17.2 Å². The molecule has 15 heteroatoms. The van der Waals surface area contributed by atoms with Crippen molar-refractivity contribution < 1.29 is 22.3 Å². The highest BCUT2D eigenvalue weighted by Crippen LogP contribution is 2.45. The van der Waals surface area contributed by atoms with E-state index < -0.39 is 16.0 Å². The lowest BCUT2D eigenvalue weighted by molar-refractivity contribution is 0.0607. The molecule has 4 aliphatic heterocycles. The number of halogens is 2. The summed E-state index contributed by atoms with van der Waals surface area (Å²) in [5.74, 6) is 1.13. The van der Waals surface area contributed by atoms with Crippen LogP contribution in [0.15, 0.2) is 30.7 Å². The summed E-state index contributed by atoms with van der Waals surface area (Å²) in [7, 11) is -3.38. The number of benzene rings is 1. The van der Waals surface area contributed by atoms with Gasteiger partial charge in [0.15, 0.2) is 11.6 Å². The fourth-order valence-corrected chi connectivity index (χ4v) is 9.72. The number of anilines is 1. The van der Waals surface area contributed by atoms with Gasteiger partial charge in [0.05, 0.1) is 11.8 Å². The number of rotatable bonds is 10. The van der Waals surface area contributed by atoms with Crippen molar-refractivity contribution in [2.45, 2.75) is 71.9 Å². The first kappa shape index (κ1) is 38.6. The smallest absolute Gasteiger partial charge is 0.282 e. The maximum atomic E-state index is 14.4. The highest BCUT2D eigenvalue weighted by atomic mass is 35.5. The van der Waals surface area contributed by atoms with Crippen LogP contribution in [-0.4, -0.2) is 127 Å². The first-order valence-electron chi connectivity index (χ1n) is 18.0. The van der Waals surface area contributed by atoms with Crippen LogP contribution in [0.5, 0.6) is 11.5 Å². The van der Waals surface area contributed by atoms with E-state index in [1.54, 1.807) is 19.7 Å². The van der Waals surface area contributed by atoms with E-state index in [0.29, 0.717) is 50.2 Å². The summed E-state index contributed by atoms with van der Waals surface area (Å²) in [5, 5.41) is 3.29. The summed E-state index contributed by atoms with van der Waals surface area (Å²) in [6.07, 6.45) is 7.98. The number of ether oxygens (including phenoxy) is 1. The molecule has 278 valence electrons. The van der Waals surface area contributed by atoms with E-state index in [4.69, 9.17) is 4.74 Å². The Balaban J connectivity index is 0.00000486. The third-order valence-corrected chi connectivity index (χ3v) is 12.7. The van der Waals surface area contributed by atoms with Crippen LogP contribution in [0.25, 0.3) is 0 Å². The molecule has 5 heterocycles. The third kappa shape index (κ3) is 8.53. The van der Waals surface area contributed by atoms with Gasteiger partial charge in [0.2, 0.25) is 0 Å². The summed E-state index contributed by atoms with van der Waals surface area (Å²) in [4.78, 5) is 28.8. The molecule has 50 heavy (non-hydrogen) atoms. The number of hydrogen-bond donors (Lipinski definition) is 1. The average molecular weight is 737 g/mol. The van der Waals surface area contributed by atoms with Crippen LogP contribution in [0.2, 0.25) is 0 Å². The molecule has 12 nitrogen and oxygen atoms in total. The lowest BCUT2D eigenvalue weighted by atomic mass is 9.72. The summed E-state index contributed by atoms with van der Waals surface area (Å²) in [5.41, 5.74) is 0.386. The predicted octanol–water partition coefficient (Wildman–Crippen LogP) is 4.24. The second kappa shape index (κ2) is 16.4. The second-order valence-corrected chi connectivity index (χ2v) is 16.8. The topological polar surface area (TPSA) is 114 Å². The first-order chi connectivity index (χ1) is 23.5. The van der Waals surface area contributed by atoms with Gasteiger partial charge in [-0.2, -0.15) is 17.0 Å². The number of carbonyl (C=O) groups excluding carboxylic acids is 1. The van der Waals surface area contributed by atoms with Crippen molar-refractivity contribution in [3.05, 3.63) is 42.1 Å². The number of nitrogens with zero attached hydrogens (tertiary/aromatic N) is 7. The summed E-state index contributed by atoms with van der Waals surface area (Å²) < 4.78 is 50.5. The SMILES string of the molecule is CC(C)N(C(=O)c1cc(F)ccc1Oc1cncnc1N1CC2(CCN(CC3CCN(S(=O)(=O)N4CCCNCC4)CC3)CC2)C1)C(C)C.Cl. The Bertz CT molecular complexity index is 1540. The molecule has 0 aliphatic carbocycles. The Morgan fingerprint density at radius 1 is 1.00 bits per heavy atom. The zero-order valence-corrected chi connectivity index (χ0v) is 31.5. The van der Waals surface area contributed by atoms with Gasteiger partial charge in [-0.25, -0.2) is 14.4 Å². The van der Waals surface area contributed by atoms with Crippen molar-refractivity contribution >= 4 is 34.3 Å². The maximum Gasteiger partial charge on any atom is 0.282 e. The van der Waals surface area contributed by atoms with E-state index in [1.807, 2.05) is 27.7 Å². The molecule has 1 aromatic carbocycles. The molecule has 1 spiro atoms. The molecular formula is C35H54ClFN8O4S. The van der Waals surface area contributed by atoms with Gasteiger partial charge in [0, 0.05) is 69.9 Å². The molecule has 1 aromatic heterocycles. The Hall–Kier alpha value is -2.62. The van der Waals surface area contributed by atoms with E-state index in [0.717, 1.165) is 71.4 Å². The van der Waals surface area contributed by atoms with E-state index in [-0.39, 0.29) is 47.1 Å². The number of likely N-dealkylation sites (tertiary alicyclic amines) is 1. The van der Waals surface area contributed by atoms with Gasteiger partial charge in [-0.05, 0) is 104 Å². The van der Waals surface area contributed by atoms with Crippen LogP contribution in [0.4, 0.5) is 10.2 Å². The number of aromatic nitrogens is 2. The Kier molecular flexibility index (Phi) is 12.6. The van der Waals surface area contributed by atoms with Crippen LogP contribution in [-0.2, 0) is 10.2 Å². The normalized spacial score (nSPS) is 21.1. The molecule has 0 atom stereocenters. The lowest BCUT2D eigenvalue weighted by Crippen LogP contribution is -2.61. The van der Waals surface area contributed by atoms with Gasteiger partial charge in [-0.15, -0.1) is 12.4 Å². The largest absolute Gasteiger partial charge is 0.451 e. The highest BCUT2D eigenvalue weighted by molar-refractivity contribution is 7.86. The van der Waals surface area contributed by atoms with Crippen molar-refractivity contribution in [3.8, 4) is 11.5 Å². The first-order valence-corrected chi connectivity index (χ1v) is 19.4. The molecule has 6 rings (SSSR count). The molecule has 0 radical (unpaired) electrons. The van der Waals surface area contributed by atoms with Gasteiger partial charge < -0.3 is 24.8 Å². The van der Waals surface area contributed by atoms with Crippen molar-refractivity contribution in [1.82, 2.24) is 33.7 Å². The van der Waals surface area contributed by atoms with Gasteiger partial charge in [0.25, 0.3) is 16.1 Å². The molecule has 2 aromatic rings. The summed E-state index contributed by atoms with van der Waals surface area (Å²) in [6.45, 7) is 16.5. The second-order valence-electron chi connectivity index (χ2n) is 14.9. The van der Waals surface area contributed by atoms with Crippen molar-refractivity contribution in [2.24, 2.45) is 11.3 Å². The molecule has 4 aliphatic rings. The number of nitrogens with one attached hydrogen (secondary N) is 1. The van der Waals surface area contributed by atoms with Crippen LogP contribution < -0.4 is 15.0 Å². The van der Waals surface area contributed by atoms with E-state index >= 15 is 0 Å². The van der Waals surface area contributed by atoms with Gasteiger partial charge in [0.1, 0.15) is 17.9 Å². The minimum Gasteiger partial charge on any atom is -0.451 e. The minimum atomic E-state index is -3.38. The Labute approximate surface area is 303 Å². The Morgan fingerprint density at radius 3 is 2.36 bits per heavy atom. The van der Waals surface area contributed by atoms with Crippen molar-refractivity contribution in [1.29, 1.82) is 0 Å². The minimum absolute atomic E-state index is 0. The molecule has 0 unspecified atom stereocenters. The molecule has 4 fully saturated rings. The van der Waals surface area contributed by atoms with Crippen LogP contribution >= 0.6 is 12.4 Å². The van der Waals surface area contributed by atoms with Crippen molar-refractivity contribution in [2.75, 3.05) is 76.9 Å². The van der Waals surface area contributed by atoms with Crippen LogP contribution in [0.1, 0.15) is 70.2 Å². The summed E-state index contributed by atoms with van der Waals surface area (Å²) >= 11 is 0. The Morgan fingerprint density at radius 2 is 1.68 bits per heavy atom. The van der Waals surface area contributed by atoms with E-state index in [9.17, 15) is 17.6 Å². The molecular weight excluding hydrogens is 683 g/mol. The molecule has 0 bridgehead atoms. The standard InChI is InChI=1S/C35H53FN8O4S.ClH/c1-26(2)44(27(3)4)34(45)30-20-29(36)6-7-31(30)48-32-21-38-25-39-33(32)41-23-35(24-41)10-17-40(18-11-35)22-28-8-15-43(16-9-28)49(46,47)42-14-5-12-37-13-19-42;/h6-7,20-21,25-28,37H,5,8-19,22-24H2,1-4H3;1H. The zero-order chi connectivity index (χ0) is 34.8. The van der Waals surface area contributed by atoms with Gasteiger partial charge in [-0.3, -0.25) is 4.79 Å². The number of hydrogen-bond acceptors (Lipinski definition) is 9. The van der Waals surface area contributed by atoms with Gasteiger partial charge >= 0.3 is 0 Å². The number of piperidine rings is 2. The van der Waals surface area contributed by atoms with Crippen molar-refractivity contribution in [3.63, 3.8) is 0 Å². The quantitative estimate of drug-likeness (QED) is 0.383. The van der Waals surface area contributed by atoms with E-state index in [1.165, 1.54) is 24.5 Å². The predicted molar refractivity (Wildman–Crippen MR) is 195 cm³/mol. The fourth-order valence-electron chi connectivity index (χ4n) is 8.04. The highest BCUT2D eigenvalue weighted by Gasteiger charge is 2.46. The number of amides is 1. The molecule has 0 saturated carbocycles.